The molecule has 1 amide bonds. The van der Waals surface area contributed by atoms with Gasteiger partial charge in [-0.3, -0.25) is 10.2 Å². The van der Waals surface area contributed by atoms with Crippen LogP contribution in [0.25, 0.3) is 11.1 Å². The summed E-state index contributed by atoms with van der Waals surface area (Å²) >= 11 is 0. The number of hydrogen-bond donors (Lipinski definition) is 2. The lowest BCUT2D eigenvalue weighted by Crippen LogP contribution is -2.52. The summed E-state index contributed by atoms with van der Waals surface area (Å²) < 4.78 is 11.3. The van der Waals surface area contributed by atoms with Crippen molar-refractivity contribution in [2.45, 2.75) is 18.6 Å². The lowest BCUT2D eigenvalue weighted by atomic mass is 9.81. The Bertz CT molecular complexity index is 1220. The number of fused-ring (bicyclic) bond motifs is 2. The van der Waals surface area contributed by atoms with Gasteiger partial charge < -0.3 is 14.8 Å². The summed E-state index contributed by atoms with van der Waals surface area (Å²) in [6.07, 6.45) is -0.911. The van der Waals surface area contributed by atoms with Crippen LogP contribution in [0, 0.1) is 5.41 Å². The van der Waals surface area contributed by atoms with Gasteiger partial charge in [-0.05, 0) is 30.2 Å². The number of benzene rings is 3. The van der Waals surface area contributed by atoms with E-state index >= 15 is 0 Å². The highest BCUT2D eigenvalue weighted by atomic mass is 16.5. The van der Waals surface area contributed by atoms with Crippen LogP contribution in [0.2, 0.25) is 0 Å². The molecule has 3 aromatic carbocycles. The van der Waals surface area contributed by atoms with Crippen molar-refractivity contribution < 1.29 is 19.1 Å². The molecule has 3 aromatic rings. The standard InChI is InChI=1S/C25H20N2O4/c1-2-30-24(29)25(20-11-7-6-10-18(20)23(28)27-25)21-17-13-12-16(14-19(17)22(26)31-21)15-8-4-3-5-9-15/h3-14,21,26H,2H2,1H3,(H,27,28)/t21-,25-/m1/s1. The third kappa shape index (κ3) is 2.75. The Labute approximate surface area is 179 Å². The molecule has 0 aromatic heterocycles. The van der Waals surface area contributed by atoms with Crippen LogP contribution in [0.1, 0.15) is 40.1 Å². The van der Waals surface area contributed by atoms with Crippen LogP contribution < -0.4 is 5.32 Å². The van der Waals surface area contributed by atoms with E-state index in [0.717, 1.165) is 11.1 Å². The van der Waals surface area contributed by atoms with Gasteiger partial charge in [-0.15, -0.1) is 0 Å². The summed E-state index contributed by atoms with van der Waals surface area (Å²) in [5.41, 5.74) is 2.55. The molecule has 0 saturated heterocycles. The van der Waals surface area contributed by atoms with Crippen LogP contribution in [0.5, 0.6) is 0 Å². The number of hydrogen-bond acceptors (Lipinski definition) is 5. The smallest absolute Gasteiger partial charge is 0.340 e. The van der Waals surface area contributed by atoms with Crippen LogP contribution in [0.15, 0.2) is 72.8 Å². The number of amides is 1. The monoisotopic (exact) mass is 412 g/mol. The van der Waals surface area contributed by atoms with Crippen LogP contribution >= 0.6 is 0 Å². The summed E-state index contributed by atoms with van der Waals surface area (Å²) in [5, 5.41) is 11.3. The SMILES string of the molecule is CCOC(=O)[C@@]1([C@@H]2OC(=N)c3cc(-c4ccccc4)ccc32)NC(=O)c2ccccc21. The summed E-state index contributed by atoms with van der Waals surface area (Å²) in [6, 6.07) is 22.4. The number of rotatable bonds is 4. The topological polar surface area (TPSA) is 88.5 Å². The maximum Gasteiger partial charge on any atom is 0.340 e. The Hall–Kier alpha value is -3.93. The average Bonchev–Trinajstić information content (AvgIpc) is 3.30. The average molecular weight is 412 g/mol. The normalized spacial score (nSPS) is 21.1. The number of esters is 1. The third-order valence-electron chi connectivity index (χ3n) is 5.82. The van der Waals surface area contributed by atoms with Crippen molar-refractivity contribution in [3.05, 3.63) is 95.1 Å². The molecule has 0 unspecified atom stereocenters. The van der Waals surface area contributed by atoms with Crippen molar-refractivity contribution in [1.82, 2.24) is 5.32 Å². The zero-order valence-corrected chi connectivity index (χ0v) is 16.8. The quantitative estimate of drug-likeness (QED) is 0.635. The summed E-state index contributed by atoms with van der Waals surface area (Å²) in [5.74, 6) is -1.01. The summed E-state index contributed by atoms with van der Waals surface area (Å²) in [4.78, 5) is 26.0. The number of nitrogens with one attached hydrogen (secondary N) is 2. The van der Waals surface area contributed by atoms with Gasteiger partial charge in [-0.1, -0.05) is 60.7 Å². The van der Waals surface area contributed by atoms with Crippen LogP contribution in [0.4, 0.5) is 0 Å². The van der Waals surface area contributed by atoms with Gasteiger partial charge in [0.05, 0.1) is 6.61 Å². The van der Waals surface area contributed by atoms with Gasteiger partial charge in [-0.25, -0.2) is 4.79 Å². The molecule has 0 spiro atoms. The largest absolute Gasteiger partial charge is 0.466 e. The fraction of sp³-hybridized carbons (Fsp3) is 0.160. The lowest BCUT2D eigenvalue weighted by molar-refractivity contribution is -0.156. The van der Waals surface area contributed by atoms with E-state index in [-0.39, 0.29) is 18.4 Å². The molecule has 2 aliphatic rings. The van der Waals surface area contributed by atoms with Crippen molar-refractivity contribution in [1.29, 1.82) is 5.41 Å². The van der Waals surface area contributed by atoms with Gasteiger partial charge in [0.15, 0.2) is 6.10 Å². The van der Waals surface area contributed by atoms with Crippen molar-refractivity contribution in [3.8, 4) is 11.1 Å². The predicted octanol–water partition coefficient (Wildman–Crippen LogP) is 3.95. The van der Waals surface area contributed by atoms with E-state index in [2.05, 4.69) is 5.32 Å². The zero-order valence-electron chi connectivity index (χ0n) is 16.8. The maximum atomic E-state index is 13.3. The van der Waals surface area contributed by atoms with E-state index in [1.165, 1.54) is 0 Å². The van der Waals surface area contributed by atoms with Crippen molar-refractivity contribution in [3.63, 3.8) is 0 Å². The Morgan fingerprint density at radius 2 is 1.77 bits per heavy atom. The second-order valence-corrected chi connectivity index (χ2v) is 7.52. The first kappa shape index (κ1) is 19.1. The molecule has 2 N–H and O–H groups in total. The highest BCUT2D eigenvalue weighted by Gasteiger charge is 2.59. The van der Waals surface area contributed by atoms with Gasteiger partial charge in [0.2, 0.25) is 11.4 Å². The first-order chi connectivity index (χ1) is 15.1. The van der Waals surface area contributed by atoms with Gasteiger partial charge in [-0.2, -0.15) is 0 Å². The molecule has 0 bridgehead atoms. The van der Waals surface area contributed by atoms with Crippen LogP contribution in [-0.2, 0) is 19.8 Å². The zero-order chi connectivity index (χ0) is 21.6. The molecule has 31 heavy (non-hydrogen) atoms. The minimum atomic E-state index is -1.56. The number of carbonyl (C=O) groups excluding carboxylic acids is 2. The molecule has 2 heterocycles. The molecular weight excluding hydrogens is 392 g/mol. The van der Waals surface area contributed by atoms with Crippen molar-refractivity contribution in [2.75, 3.05) is 6.61 Å². The maximum absolute atomic E-state index is 13.3. The highest BCUT2D eigenvalue weighted by molar-refractivity contribution is 6.07. The molecule has 2 aliphatic heterocycles. The Morgan fingerprint density at radius 1 is 1.03 bits per heavy atom. The minimum Gasteiger partial charge on any atom is -0.466 e. The van der Waals surface area contributed by atoms with Gasteiger partial charge in [0.1, 0.15) is 0 Å². The Kier molecular flexibility index (Phi) is 4.36. The highest BCUT2D eigenvalue weighted by Crippen LogP contribution is 2.48. The summed E-state index contributed by atoms with van der Waals surface area (Å²) in [6.45, 7) is 1.87. The van der Waals surface area contributed by atoms with E-state index in [0.29, 0.717) is 22.3 Å². The predicted molar refractivity (Wildman–Crippen MR) is 115 cm³/mol. The second-order valence-electron chi connectivity index (χ2n) is 7.52. The molecule has 0 saturated carbocycles. The summed E-state index contributed by atoms with van der Waals surface area (Å²) in [7, 11) is 0. The molecule has 2 atom stereocenters. The molecule has 0 fully saturated rings. The lowest BCUT2D eigenvalue weighted by Gasteiger charge is -2.33. The third-order valence-corrected chi connectivity index (χ3v) is 5.82. The van der Waals surface area contributed by atoms with Gasteiger partial charge in [0, 0.05) is 22.3 Å². The number of carbonyl (C=O) groups is 2. The fourth-order valence-corrected chi connectivity index (χ4v) is 4.42. The van der Waals surface area contributed by atoms with E-state index in [1.54, 1.807) is 31.2 Å². The first-order valence-corrected chi connectivity index (χ1v) is 10.1. The molecule has 154 valence electrons. The van der Waals surface area contributed by atoms with Crippen molar-refractivity contribution in [2.24, 2.45) is 0 Å². The van der Waals surface area contributed by atoms with Gasteiger partial charge in [0.25, 0.3) is 5.91 Å². The van der Waals surface area contributed by atoms with Crippen LogP contribution in [0.3, 0.4) is 0 Å². The Balaban J connectivity index is 1.67. The van der Waals surface area contributed by atoms with Gasteiger partial charge >= 0.3 is 5.97 Å². The molecule has 6 heteroatoms. The molecule has 6 nitrogen and oxygen atoms in total. The van der Waals surface area contributed by atoms with Crippen LogP contribution in [-0.4, -0.2) is 24.4 Å². The van der Waals surface area contributed by atoms with E-state index in [9.17, 15) is 9.59 Å². The van der Waals surface area contributed by atoms with E-state index in [1.807, 2.05) is 48.5 Å². The molecule has 5 rings (SSSR count). The molecular formula is C25H20N2O4. The Morgan fingerprint density at radius 3 is 2.55 bits per heavy atom. The van der Waals surface area contributed by atoms with E-state index in [4.69, 9.17) is 14.9 Å². The molecule has 0 aliphatic carbocycles. The second kappa shape index (κ2) is 7.09. The first-order valence-electron chi connectivity index (χ1n) is 10.1. The fourth-order valence-electron chi connectivity index (χ4n) is 4.42. The van der Waals surface area contributed by atoms with Crippen molar-refractivity contribution >= 4 is 17.8 Å². The molecule has 0 radical (unpaired) electrons. The van der Waals surface area contributed by atoms with E-state index < -0.39 is 17.6 Å². The number of ether oxygens (including phenoxy) is 2. The minimum absolute atomic E-state index is 0.0416.